The molecule has 0 saturated heterocycles. The second-order valence-corrected chi connectivity index (χ2v) is 6.89. The van der Waals surface area contributed by atoms with Crippen molar-refractivity contribution in [2.75, 3.05) is 12.4 Å². The molecule has 24 heavy (non-hydrogen) atoms. The van der Waals surface area contributed by atoms with Crippen LogP contribution in [0.1, 0.15) is 35.6 Å². The van der Waals surface area contributed by atoms with Crippen molar-refractivity contribution < 1.29 is 4.74 Å². The number of rotatable bonds is 3. The lowest BCUT2D eigenvalue weighted by Crippen LogP contribution is -2.34. The third-order valence-corrected chi connectivity index (χ3v) is 5.03. The summed E-state index contributed by atoms with van der Waals surface area (Å²) in [4.78, 5) is 0. The van der Waals surface area contributed by atoms with Gasteiger partial charge in [0.1, 0.15) is 5.75 Å². The van der Waals surface area contributed by atoms with Gasteiger partial charge < -0.3 is 15.4 Å². The average Bonchev–Trinajstić information content (AvgIpc) is 2.58. The molecule has 5 heteroatoms. The zero-order valence-corrected chi connectivity index (χ0v) is 15.4. The van der Waals surface area contributed by atoms with Crippen LogP contribution < -0.4 is 15.4 Å². The predicted octanol–water partition coefficient (Wildman–Crippen LogP) is 5.02. The van der Waals surface area contributed by atoms with Crippen LogP contribution in [0.3, 0.4) is 0 Å². The second-order valence-electron chi connectivity index (χ2n) is 6.07. The highest BCUT2D eigenvalue weighted by molar-refractivity contribution is 7.80. The molecule has 2 N–H and O–H groups in total. The lowest BCUT2D eigenvalue weighted by Gasteiger charge is -2.28. The van der Waals surface area contributed by atoms with E-state index in [-0.39, 0.29) is 6.04 Å². The van der Waals surface area contributed by atoms with E-state index in [0.29, 0.717) is 5.11 Å². The fraction of sp³-hybridized carbons (Fsp3) is 0.316. The minimum Gasteiger partial charge on any atom is -0.497 e. The Labute approximate surface area is 153 Å². The molecule has 0 bridgehead atoms. The highest BCUT2D eigenvalue weighted by Crippen LogP contribution is 2.32. The van der Waals surface area contributed by atoms with Crippen molar-refractivity contribution in [3.63, 3.8) is 0 Å². The van der Waals surface area contributed by atoms with Crippen LogP contribution in [0.5, 0.6) is 5.75 Å². The number of methoxy groups -OCH3 is 1. The van der Waals surface area contributed by atoms with E-state index in [4.69, 9.17) is 28.6 Å². The van der Waals surface area contributed by atoms with Gasteiger partial charge in [0.25, 0.3) is 0 Å². The van der Waals surface area contributed by atoms with Crippen molar-refractivity contribution in [2.24, 2.45) is 0 Å². The molecule has 1 atom stereocenters. The predicted molar refractivity (Wildman–Crippen MR) is 104 cm³/mol. The van der Waals surface area contributed by atoms with Crippen molar-refractivity contribution in [1.82, 2.24) is 5.32 Å². The number of anilines is 1. The molecule has 0 heterocycles. The highest BCUT2D eigenvalue weighted by atomic mass is 35.5. The number of aryl methyl sites for hydroxylation is 2. The molecular weight excluding hydrogens is 340 g/mol. The maximum absolute atomic E-state index is 6.17. The molecule has 2 aromatic carbocycles. The minimum atomic E-state index is 0.223. The van der Waals surface area contributed by atoms with Crippen LogP contribution in [0.2, 0.25) is 5.02 Å². The molecule has 0 saturated carbocycles. The molecule has 3 rings (SSSR count). The van der Waals surface area contributed by atoms with E-state index in [1.165, 1.54) is 11.1 Å². The fourth-order valence-corrected chi connectivity index (χ4v) is 3.50. The van der Waals surface area contributed by atoms with Crippen LogP contribution in [0.25, 0.3) is 0 Å². The van der Waals surface area contributed by atoms with Crippen molar-refractivity contribution in [3.05, 3.63) is 58.1 Å². The van der Waals surface area contributed by atoms with Gasteiger partial charge in [-0.2, -0.15) is 0 Å². The summed E-state index contributed by atoms with van der Waals surface area (Å²) >= 11 is 11.6. The molecule has 0 unspecified atom stereocenters. The molecule has 126 valence electrons. The van der Waals surface area contributed by atoms with E-state index in [2.05, 4.69) is 22.8 Å². The summed E-state index contributed by atoms with van der Waals surface area (Å²) in [6, 6.07) is 12.3. The lowest BCUT2D eigenvalue weighted by molar-refractivity contribution is 0.412. The van der Waals surface area contributed by atoms with E-state index in [1.807, 2.05) is 31.2 Å². The molecule has 0 radical (unpaired) electrons. The van der Waals surface area contributed by atoms with Gasteiger partial charge in [0.05, 0.1) is 13.2 Å². The SMILES string of the molecule is COc1ccc2c(c1)CCC[C@@H]2NC(=S)Nc1ccc(C)c(Cl)c1. The average molecular weight is 361 g/mol. The summed E-state index contributed by atoms with van der Waals surface area (Å²) in [6.45, 7) is 1.98. The lowest BCUT2D eigenvalue weighted by atomic mass is 9.87. The van der Waals surface area contributed by atoms with Crippen molar-refractivity contribution in [1.29, 1.82) is 0 Å². The van der Waals surface area contributed by atoms with Gasteiger partial charge in [-0.05, 0) is 79.4 Å². The van der Waals surface area contributed by atoms with E-state index < -0.39 is 0 Å². The topological polar surface area (TPSA) is 33.3 Å². The number of nitrogens with one attached hydrogen (secondary N) is 2. The Hall–Kier alpha value is -1.78. The van der Waals surface area contributed by atoms with E-state index in [0.717, 1.165) is 41.3 Å². The largest absolute Gasteiger partial charge is 0.497 e. The monoisotopic (exact) mass is 360 g/mol. The van der Waals surface area contributed by atoms with Gasteiger partial charge in [0, 0.05) is 10.7 Å². The Morgan fingerprint density at radius 1 is 1.25 bits per heavy atom. The van der Waals surface area contributed by atoms with Gasteiger partial charge in [-0.25, -0.2) is 0 Å². The van der Waals surface area contributed by atoms with Crippen LogP contribution >= 0.6 is 23.8 Å². The number of fused-ring (bicyclic) bond motifs is 1. The number of hydrogen-bond acceptors (Lipinski definition) is 2. The van der Waals surface area contributed by atoms with Crippen LogP contribution in [0.4, 0.5) is 5.69 Å². The van der Waals surface area contributed by atoms with Crippen molar-refractivity contribution in [3.8, 4) is 5.75 Å². The molecule has 0 aliphatic heterocycles. The molecule has 0 fully saturated rings. The van der Waals surface area contributed by atoms with Gasteiger partial charge in [0.2, 0.25) is 0 Å². The molecule has 1 aliphatic rings. The molecule has 0 aromatic heterocycles. The standard InChI is InChI=1S/C19H21ClN2OS/c1-12-6-7-14(11-17(12)20)21-19(24)22-18-5-3-4-13-10-15(23-2)8-9-16(13)18/h6-11,18H,3-5H2,1-2H3,(H2,21,22,24)/t18-/m0/s1. The summed E-state index contributed by atoms with van der Waals surface area (Å²) in [6.07, 6.45) is 3.28. The highest BCUT2D eigenvalue weighted by Gasteiger charge is 2.21. The Morgan fingerprint density at radius 3 is 2.83 bits per heavy atom. The normalized spacial score (nSPS) is 16.2. The smallest absolute Gasteiger partial charge is 0.171 e. The molecule has 1 aliphatic carbocycles. The second kappa shape index (κ2) is 7.41. The van der Waals surface area contributed by atoms with E-state index in [9.17, 15) is 0 Å². The van der Waals surface area contributed by atoms with Gasteiger partial charge >= 0.3 is 0 Å². The van der Waals surface area contributed by atoms with Crippen LogP contribution in [0, 0.1) is 6.92 Å². The Kier molecular flexibility index (Phi) is 5.27. The Balaban J connectivity index is 1.70. The molecule has 0 spiro atoms. The van der Waals surface area contributed by atoms with Gasteiger partial charge in [-0.15, -0.1) is 0 Å². The van der Waals surface area contributed by atoms with Crippen molar-refractivity contribution >= 4 is 34.6 Å². The number of halogens is 1. The first-order valence-corrected chi connectivity index (χ1v) is 8.86. The molecule has 2 aromatic rings. The Morgan fingerprint density at radius 2 is 2.08 bits per heavy atom. The summed E-state index contributed by atoms with van der Waals surface area (Å²) in [5.41, 5.74) is 4.58. The number of benzene rings is 2. The van der Waals surface area contributed by atoms with Gasteiger partial charge in [-0.3, -0.25) is 0 Å². The van der Waals surface area contributed by atoms with Crippen molar-refractivity contribution in [2.45, 2.75) is 32.2 Å². The first kappa shape index (κ1) is 17.1. The van der Waals surface area contributed by atoms with Gasteiger partial charge in [0.15, 0.2) is 5.11 Å². The van der Waals surface area contributed by atoms with Gasteiger partial charge in [-0.1, -0.05) is 23.7 Å². The summed E-state index contributed by atoms with van der Waals surface area (Å²) in [5, 5.41) is 8.00. The summed E-state index contributed by atoms with van der Waals surface area (Å²) < 4.78 is 5.33. The van der Waals surface area contributed by atoms with E-state index >= 15 is 0 Å². The first-order valence-electron chi connectivity index (χ1n) is 8.07. The van der Waals surface area contributed by atoms with Crippen LogP contribution in [0.15, 0.2) is 36.4 Å². The maximum Gasteiger partial charge on any atom is 0.171 e. The zero-order chi connectivity index (χ0) is 17.1. The minimum absolute atomic E-state index is 0.223. The molecule has 0 amide bonds. The number of thiocarbonyl (C=S) groups is 1. The Bertz CT molecular complexity index is 763. The summed E-state index contributed by atoms with van der Waals surface area (Å²) in [5.74, 6) is 0.907. The third kappa shape index (κ3) is 3.82. The summed E-state index contributed by atoms with van der Waals surface area (Å²) in [7, 11) is 1.70. The quantitative estimate of drug-likeness (QED) is 0.753. The van der Waals surface area contributed by atoms with Crippen LogP contribution in [-0.4, -0.2) is 12.2 Å². The fourth-order valence-electron chi connectivity index (χ4n) is 3.06. The number of ether oxygens (including phenoxy) is 1. The first-order chi connectivity index (χ1) is 11.6. The molecular formula is C19H21ClN2OS. The van der Waals surface area contributed by atoms with Crippen LogP contribution in [-0.2, 0) is 6.42 Å². The zero-order valence-electron chi connectivity index (χ0n) is 13.9. The molecule has 3 nitrogen and oxygen atoms in total. The number of hydrogen-bond donors (Lipinski definition) is 2. The third-order valence-electron chi connectivity index (χ3n) is 4.40. The van der Waals surface area contributed by atoms with E-state index in [1.54, 1.807) is 7.11 Å². The maximum atomic E-state index is 6.17.